The first-order chi connectivity index (χ1) is 8.69. The van der Waals surface area contributed by atoms with Crippen LogP contribution in [0.25, 0.3) is 0 Å². The van der Waals surface area contributed by atoms with E-state index < -0.39 is 0 Å². The molecule has 3 atom stereocenters. The van der Waals surface area contributed by atoms with Crippen molar-refractivity contribution in [3.8, 4) is 0 Å². The highest BCUT2D eigenvalue weighted by molar-refractivity contribution is 5.85. The topological polar surface area (TPSA) is 41.1 Å². The van der Waals surface area contributed by atoms with Gasteiger partial charge >= 0.3 is 0 Å². The van der Waals surface area contributed by atoms with Gasteiger partial charge in [0, 0.05) is 24.5 Å². The average Bonchev–Trinajstić information content (AvgIpc) is 3.03. The number of nitrogens with one attached hydrogen (secondary N) is 2. The summed E-state index contributed by atoms with van der Waals surface area (Å²) in [6.45, 7) is 2.16. The molecule has 0 spiro atoms. The second-order valence-electron chi connectivity index (χ2n) is 6.83. The number of carbonyl (C=O) groups is 1. The van der Waals surface area contributed by atoms with Crippen LogP contribution in [0.15, 0.2) is 0 Å². The molecule has 0 aromatic heterocycles. The lowest BCUT2D eigenvalue weighted by molar-refractivity contribution is -0.122. The lowest BCUT2D eigenvalue weighted by Crippen LogP contribution is -2.40. The summed E-state index contributed by atoms with van der Waals surface area (Å²) in [6.07, 6.45) is 9.74. The van der Waals surface area contributed by atoms with Gasteiger partial charge in [0.1, 0.15) is 0 Å². The Bertz CT molecular complexity index is 307. The number of rotatable bonds is 5. The summed E-state index contributed by atoms with van der Waals surface area (Å²) in [5.74, 6) is 1.81. The zero-order valence-electron chi connectivity index (χ0n) is 11.9. The maximum Gasteiger partial charge on any atom is 0.220 e. The van der Waals surface area contributed by atoms with Gasteiger partial charge in [0.05, 0.1) is 0 Å². The lowest BCUT2D eigenvalue weighted by Gasteiger charge is -2.29. The molecule has 110 valence electrons. The van der Waals surface area contributed by atoms with E-state index in [1.165, 1.54) is 44.9 Å². The van der Waals surface area contributed by atoms with Crippen LogP contribution < -0.4 is 10.6 Å². The van der Waals surface area contributed by atoms with Crippen molar-refractivity contribution in [2.75, 3.05) is 0 Å². The van der Waals surface area contributed by atoms with Crippen LogP contribution in [0, 0.1) is 11.8 Å². The standard InChI is InChI=1S/C15H26N2O.ClH/c1-10(6-11-2-3-11)16-15(18)9-12-7-13-4-5-14(8-12)17-13;/h10-14,17H,2-9H2,1H3,(H,16,18);1H. The molecule has 1 saturated carbocycles. The summed E-state index contributed by atoms with van der Waals surface area (Å²) in [4.78, 5) is 12.0. The first-order valence-electron chi connectivity index (χ1n) is 7.74. The molecule has 1 aliphatic carbocycles. The predicted octanol–water partition coefficient (Wildman–Crippen LogP) is 2.63. The first-order valence-corrected chi connectivity index (χ1v) is 7.74. The van der Waals surface area contributed by atoms with E-state index in [1.54, 1.807) is 0 Å². The van der Waals surface area contributed by atoms with Gasteiger partial charge in [-0.25, -0.2) is 0 Å². The van der Waals surface area contributed by atoms with Crippen molar-refractivity contribution >= 4 is 18.3 Å². The molecule has 2 bridgehead atoms. The highest BCUT2D eigenvalue weighted by Crippen LogP contribution is 2.34. The van der Waals surface area contributed by atoms with Crippen molar-refractivity contribution in [2.24, 2.45) is 11.8 Å². The SMILES string of the molecule is CC(CC1CC1)NC(=O)CC1CC2CCC(C1)N2.Cl. The number of hydrogen-bond acceptors (Lipinski definition) is 2. The largest absolute Gasteiger partial charge is 0.354 e. The average molecular weight is 287 g/mol. The van der Waals surface area contributed by atoms with Crippen LogP contribution >= 0.6 is 12.4 Å². The number of fused-ring (bicyclic) bond motifs is 2. The Kier molecular flexibility index (Phi) is 5.13. The zero-order chi connectivity index (χ0) is 12.5. The Morgan fingerprint density at radius 1 is 1.16 bits per heavy atom. The summed E-state index contributed by atoms with van der Waals surface area (Å²) >= 11 is 0. The van der Waals surface area contributed by atoms with Crippen LogP contribution in [0.1, 0.15) is 58.3 Å². The molecule has 19 heavy (non-hydrogen) atoms. The molecular weight excluding hydrogens is 260 g/mol. The normalized spacial score (nSPS) is 34.5. The molecule has 2 saturated heterocycles. The highest BCUT2D eigenvalue weighted by atomic mass is 35.5. The van der Waals surface area contributed by atoms with Gasteiger partial charge in [-0.1, -0.05) is 12.8 Å². The fourth-order valence-electron chi connectivity index (χ4n) is 3.85. The van der Waals surface area contributed by atoms with Crippen molar-refractivity contribution in [1.82, 2.24) is 10.6 Å². The van der Waals surface area contributed by atoms with Gasteiger partial charge in [0.25, 0.3) is 0 Å². The molecule has 1 amide bonds. The van der Waals surface area contributed by atoms with E-state index in [-0.39, 0.29) is 18.3 Å². The minimum absolute atomic E-state index is 0. The van der Waals surface area contributed by atoms with Crippen LogP contribution in [0.5, 0.6) is 0 Å². The van der Waals surface area contributed by atoms with Gasteiger partial charge in [0.2, 0.25) is 5.91 Å². The molecule has 2 N–H and O–H groups in total. The maximum absolute atomic E-state index is 12.0. The van der Waals surface area contributed by atoms with Crippen molar-refractivity contribution < 1.29 is 4.79 Å². The third-order valence-corrected chi connectivity index (χ3v) is 4.84. The molecule has 3 unspecified atom stereocenters. The molecule has 4 heteroatoms. The van der Waals surface area contributed by atoms with E-state index in [4.69, 9.17) is 0 Å². The first kappa shape index (κ1) is 15.1. The van der Waals surface area contributed by atoms with Gasteiger partial charge < -0.3 is 10.6 Å². The van der Waals surface area contributed by atoms with Gasteiger partial charge in [-0.2, -0.15) is 0 Å². The van der Waals surface area contributed by atoms with E-state index in [9.17, 15) is 4.79 Å². The third-order valence-electron chi connectivity index (χ3n) is 4.84. The van der Waals surface area contributed by atoms with Crippen LogP contribution in [-0.2, 0) is 4.79 Å². The predicted molar refractivity (Wildman–Crippen MR) is 79.5 cm³/mol. The smallest absolute Gasteiger partial charge is 0.220 e. The number of halogens is 1. The Balaban J connectivity index is 0.00000133. The van der Waals surface area contributed by atoms with E-state index in [2.05, 4.69) is 17.6 Å². The van der Waals surface area contributed by atoms with Crippen LogP contribution in [0.2, 0.25) is 0 Å². The minimum Gasteiger partial charge on any atom is -0.354 e. The minimum atomic E-state index is 0. The van der Waals surface area contributed by atoms with Crippen molar-refractivity contribution in [1.29, 1.82) is 0 Å². The molecule has 3 rings (SSSR count). The van der Waals surface area contributed by atoms with Crippen LogP contribution in [-0.4, -0.2) is 24.0 Å². The van der Waals surface area contributed by atoms with Crippen molar-refractivity contribution in [2.45, 2.75) is 76.4 Å². The lowest BCUT2D eigenvalue weighted by atomic mass is 9.89. The van der Waals surface area contributed by atoms with Gasteiger partial charge in [-0.05, 0) is 50.9 Å². The summed E-state index contributed by atoms with van der Waals surface area (Å²) in [7, 11) is 0. The Hall–Kier alpha value is -0.280. The third kappa shape index (κ3) is 4.35. The Labute approximate surface area is 122 Å². The fraction of sp³-hybridized carbons (Fsp3) is 0.933. The maximum atomic E-state index is 12.0. The summed E-state index contributed by atoms with van der Waals surface area (Å²) < 4.78 is 0. The van der Waals surface area contributed by atoms with Gasteiger partial charge in [-0.15, -0.1) is 12.4 Å². The molecule has 3 aliphatic rings. The second-order valence-corrected chi connectivity index (χ2v) is 6.83. The summed E-state index contributed by atoms with van der Waals surface area (Å²) in [6, 6.07) is 1.78. The summed E-state index contributed by atoms with van der Waals surface area (Å²) in [5, 5.41) is 6.83. The zero-order valence-corrected chi connectivity index (χ0v) is 12.7. The summed E-state index contributed by atoms with van der Waals surface area (Å²) in [5.41, 5.74) is 0. The highest BCUT2D eigenvalue weighted by Gasteiger charge is 2.34. The monoisotopic (exact) mass is 286 g/mol. The molecule has 0 aromatic rings. The molecule has 3 fully saturated rings. The van der Waals surface area contributed by atoms with Gasteiger partial charge in [-0.3, -0.25) is 4.79 Å². The van der Waals surface area contributed by atoms with Crippen molar-refractivity contribution in [3.05, 3.63) is 0 Å². The van der Waals surface area contributed by atoms with E-state index in [0.717, 1.165) is 12.3 Å². The molecular formula is C15H27ClN2O. The number of piperidine rings is 1. The van der Waals surface area contributed by atoms with Crippen molar-refractivity contribution in [3.63, 3.8) is 0 Å². The molecule has 2 aliphatic heterocycles. The van der Waals surface area contributed by atoms with Crippen LogP contribution in [0.3, 0.4) is 0 Å². The Morgan fingerprint density at radius 2 is 1.79 bits per heavy atom. The molecule has 3 nitrogen and oxygen atoms in total. The molecule has 0 radical (unpaired) electrons. The second kappa shape index (κ2) is 6.45. The quantitative estimate of drug-likeness (QED) is 0.816. The number of amides is 1. The number of carbonyl (C=O) groups excluding carboxylic acids is 1. The molecule has 0 aromatic carbocycles. The van der Waals surface area contributed by atoms with Crippen LogP contribution in [0.4, 0.5) is 0 Å². The fourth-order valence-corrected chi connectivity index (χ4v) is 3.85. The molecule has 2 heterocycles. The van der Waals surface area contributed by atoms with Gasteiger partial charge in [0.15, 0.2) is 0 Å². The van der Waals surface area contributed by atoms with E-state index >= 15 is 0 Å². The van der Waals surface area contributed by atoms with E-state index in [1.807, 2.05) is 0 Å². The number of hydrogen-bond donors (Lipinski definition) is 2. The Morgan fingerprint density at radius 3 is 2.37 bits per heavy atom. The van der Waals surface area contributed by atoms with E-state index in [0.29, 0.717) is 24.0 Å².